The molecule has 3 atom stereocenters. The molecule has 2 aliphatic carbocycles. The highest BCUT2D eigenvalue weighted by Crippen LogP contribution is 2.57. The summed E-state index contributed by atoms with van der Waals surface area (Å²) >= 11 is 0. The van der Waals surface area contributed by atoms with Crippen molar-refractivity contribution in [2.24, 2.45) is 22.4 Å². The molecule has 146 valence electrons. The second-order valence-corrected chi connectivity index (χ2v) is 9.11. The van der Waals surface area contributed by atoms with E-state index in [1.807, 2.05) is 19.9 Å². The molecule has 8 heteroatoms. The van der Waals surface area contributed by atoms with Crippen molar-refractivity contribution < 1.29 is 22.3 Å². The number of methoxy groups -OCH3 is 1. The molecule has 3 rings (SSSR count). The molecule has 0 bridgehead atoms. The molecular weight excluding hydrogens is 371 g/mol. The van der Waals surface area contributed by atoms with Gasteiger partial charge in [0, 0.05) is 6.04 Å². The maximum Gasteiger partial charge on any atom is 0.255 e. The molecule has 1 amide bonds. The van der Waals surface area contributed by atoms with E-state index in [1.54, 1.807) is 6.08 Å². The number of halogens is 1. The maximum atomic E-state index is 13.5. The molecule has 1 aromatic rings. The first-order valence-corrected chi connectivity index (χ1v) is 10.2. The van der Waals surface area contributed by atoms with Crippen molar-refractivity contribution >= 4 is 15.9 Å². The van der Waals surface area contributed by atoms with Crippen LogP contribution in [0, 0.1) is 23.1 Å². The SMILES string of the molecule is COc1ccc(F)cc1C(=O)N[C@H]1[C@H](C2C=CC(S(N)(=O)=O)=CC2)C1(C)C. The third kappa shape index (κ3) is 3.77. The van der Waals surface area contributed by atoms with Crippen LogP contribution in [0.3, 0.4) is 0 Å². The van der Waals surface area contributed by atoms with Gasteiger partial charge in [0.2, 0.25) is 10.0 Å². The summed E-state index contributed by atoms with van der Waals surface area (Å²) in [4.78, 5) is 12.8. The Hall–Kier alpha value is -2.19. The first kappa shape index (κ1) is 19.6. The number of ether oxygens (including phenoxy) is 1. The molecule has 1 fully saturated rings. The predicted molar refractivity (Wildman–Crippen MR) is 99.9 cm³/mol. The molecule has 1 saturated carbocycles. The van der Waals surface area contributed by atoms with Crippen LogP contribution in [0.15, 0.2) is 41.3 Å². The van der Waals surface area contributed by atoms with Crippen molar-refractivity contribution in [1.82, 2.24) is 5.32 Å². The van der Waals surface area contributed by atoms with Crippen molar-refractivity contribution in [1.29, 1.82) is 0 Å². The second kappa shape index (κ2) is 6.76. The van der Waals surface area contributed by atoms with Gasteiger partial charge in [-0.15, -0.1) is 0 Å². The van der Waals surface area contributed by atoms with Crippen molar-refractivity contribution in [3.63, 3.8) is 0 Å². The third-order valence-corrected chi connectivity index (χ3v) is 6.45. The van der Waals surface area contributed by atoms with E-state index in [2.05, 4.69) is 5.32 Å². The number of sulfonamides is 1. The van der Waals surface area contributed by atoms with Crippen molar-refractivity contribution in [3.8, 4) is 5.75 Å². The second-order valence-electron chi connectivity index (χ2n) is 7.55. The Labute approximate surface area is 158 Å². The van der Waals surface area contributed by atoms with Gasteiger partial charge < -0.3 is 10.1 Å². The third-order valence-electron chi connectivity index (χ3n) is 5.49. The van der Waals surface area contributed by atoms with Crippen LogP contribution < -0.4 is 15.2 Å². The smallest absolute Gasteiger partial charge is 0.255 e. The minimum atomic E-state index is -3.71. The summed E-state index contributed by atoms with van der Waals surface area (Å²) < 4.78 is 41.5. The molecule has 0 heterocycles. The summed E-state index contributed by atoms with van der Waals surface area (Å²) in [5.41, 5.74) is -0.0208. The maximum absolute atomic E-state index is 13.5. The summed E-state index contributed by atoms with van der Waals surface area (Å²) in [5, 5.41) is 8.12. The highest BCUT2D eigenvalue weighted by atomic mass is 32.2. The van der Waals surface area contributed by atoms with E-state index in [4.69, 9.17) is 9.88 Å². The van der Waals surface area contributed by atoms with Crippen LogP contribution in [-0.2, 0) is 10.0 Å². The number of amides is 1. The molecule has 0 spiro atoms. The lowest BCUT2D eigenvalue weighted by Gasteiger charge is -2.16. The Morgan fingerprint density at radius 2 is 2.07 bits per heavy atom. The van der Waals surface area contributed by atoms with E-state index < -0.39 is 21.7 Å². The van der Waals surface area contributed by atoms with E-state index in [-0.39, 0.29) is 33.8 Å². The quantitative estimate of drug-likeness (QED) is 0.801. The number of rotatable bonds is 5. The van der Waals surface area contributed by atoms with Gasteiger partial charge in [0.15, 0.2) is 0 Å². The van der Waals surface area contributed by atoms with Gasteiger partial charge in [-0.1, -0.05) is 26.0 Å². The molecule has 0 saturated heterocycles. The van der Waals surface area contributed by atoms with Gasteiger partial charge in [0.05, 0.1) is 17.6 Å². The number of allylic oxidation sites excluding steroid dienone is 3. The zero-order valence-electron chi connectivity index (χ0n) is 15.4. The van der Waals surface area contributed by atoms with Gasteiger partial charge in [-0.2, -0.15) is 0 Å². The number of hydrogen-bond donors (Lipinski definition) is 2. The Bertz CT molecular complexity index is 937. The fourth-order valence-corrected chi connectivity index (χ4v) is 4.52. The first-order valence-electron chi connectivity index (χ1n) is 8.61. The van der Waals surface area contributed by atoms with Gasteiger partial charge in [0.25, 0.3) is 5.91 Å². The van der Waals surface area contributed by atoms with Gasteiger partial charge in [-0.25, -0.2) is 17.9 Å². The Kier molecular flexibility index (Phi) is 4.90. The average Bonchev–Trinajstić information content (AvgIpc) is 3.14. The number of carbonyl (C=O) groups excluding carboxylic acids is 1. The summed E-state index contributed by atoms with van der Waals surface area (Å²) in [7, 11) is -2.28. The lowest BCUT2D eigenvalue weighted by Crippen LogP contribution is -2.30. The predicted octanol–water partition coefficient (Wildman–Crippen LogP) is 2.34. The Balaban J connectivity index is 1.73. The number of nitrogens with two attached hydrogens (primary N) is 1. The van der Waals surface area contributed by atoms with Gasteiger partial charge in [-0.05, 0) is 47.9 Å². The van der Waals surface area contributed by atoms with Gasteiger partial charge >= 0.3 is 0 Å². The molecular formula is C19H23FN2O4S. The van der Waals surface area contributed by atoms with Gasteiger partial charge in [-0.3, -0.25) is 4.79 Å². The van der Waals surface area contributed by atoms with E-state index in [0.717, 1.165) is 6.07 Å². The highest BCUT2D eigenvalue weighted by molar-refractivity contribution is 7.93. The first-order chi connectivity index (χ1) is 12.6. The molecule has 6 nitrogen and oxygen atoms in total. The zero-order chi connectivity index (χ0) is 20.0. The molecule has 27 heavy (non-hydrogen) atoms. The highest BCUT2D eigenvalue weighted by Gasteiger charge is 2.61. The van der Waals surface area contributed by atoms with E-state index in [9.17, 15) is 17.6 Å². The van der Waals surface area contributed by atoms with Crippen LogP contribution >= 0.6 is 0 Å². The number of primary sulfonamides is 1. The molecule has 0 aromatic heterocycles. The Morgan fingerprint density at radius 3 is 2.63 bits per heavy atom. The topological polar surface area (TPSA) is 98.5 Å². The number of benzene rings is 1. The van der Waals surface area contributed by atoms with Crippen LogP contribution in [0.5, 0.6) is 5.75 Å². The van der Waals surface area contributed by atoms with Crippen LogP contribution in [0.2, 0.25) is 0 Å². The molecule has 0 radical (unpaired) electrons. The number of hydrogen-bond acceptors (Lipinski definition) is 4. The van der Waals surface area contributed by atoms with Crippen molar-refractivity contribution in [3.05, 3.63) is 52.7 Å². The van der Waals surface area contributed by atoms with Gasteiger partial charge in [0.1, 0.15) is 11.6 Å². The normalized spacial score (nSPS) is 26.3. The van der Waals surface area contributed by atoms with E-state index >= 15 is 0 Å². The van der Waals surface area contributed by atoms with Crippen LogP contribution in [0.4, 0.5) is 4.39 Å². The number of carbonyl (C=O) groups is 1. The fourth-order valence-electron chi connectivity index (χ4n) is 3.92. The van der Waals surface area contributed by atoms with Crippen molar-refractivity contribution in [2.45, 2.75) is 26.3 Å². The van der Waals surface area contributed by atoms with Crippen LogP contribution in [0.25, 0.3) is 0 Å². The molecule has 1 aromatic carbocycles. The van der Waals surface area contributed by atoms with Crippen LogP contribution in [-0.4, -0.2) is 27.5 Å². The summed E-state index contributed by atoms with van der Waals surface area (Å²) in [6.45, 7) is 4.08. The Morgan fingerprint density at radius 1 is 1.37 bits per heavy atom. The minimum Gasteiger partial charge on any atom is -0.496 e. The lowest BCUT2D eigenvalue weighted by molar-refractivity contribution is 0.0941. The minimum absolute atomic E-state index is 0.0882. The number of nitrogens with one attached hydrogen (secondary N) is 1. The zero-order valence-corrected chi connectivity index (χ0v) is 16.2. The lowest BCUT2D eigenvalue weighted by atomic mass is 9.91. The summed E-state index contributed by atoms with van der Waals surface area (Å²) in [5.74, 6) is -0.376. The van der Waals surface area contributed by atoms with Crippen molar-refractivity contribution in [2.75, 3.05) is 7.11 Å². The summed E-state index contributed by atoms with van der Waals surface area (Å²) in [6.07, 6.45) is 5.50. The summed E-state index contributed by atoms with van der Waals surface area (Å²) in [6, 6.07) is 3.70. The molecule has 0 aliphatic heterocycles. The molecule has 2 aliphatic rings. The fraction of sp³-hybridized carbons (Fsp3) is 0.421. The molecule has 1 unspecified atom stereocenters. The molecule has 3 N–H and O–H groups in total. The van der Waals surface area contributed by atoms with Crippen LogP contribution in [0.1, 0.15) is 30.6 Å². The van der Waals surface area contributed by atoms with E-state index in [1.165, 1.54) is 25.3 Å². The largest absolute Gasteiger partial charge is 0.496 e. The monoisotopic (exact) mass is 394 g/mol. The standard InChI is InChI=1S/C19H23FN2O4S/c1-19(2)16(11-4-7-13(8-5-11)27(21,24)25)17(19)22-18(23)14-10-12(20)6-9-15(14)26-3/h4,6-11,16-17H,5H2,1-3H3,(H,22,23)(H2,21,24,25)/t11?,16-,17-/m0/s1. The van der Waals surface area contributed by atoms with E-state index in [0.29, 0.717) is 12.2 Å². The average molecular weight is 394 g/mol.